The molecule has 15 heavy (non-hydrogen) atoms. The zero-order chi connectivity index (χ0) is 10.7. The number of carboxylic acid groups (broad SMARTS) is 1. The quantitative estimate of drug-likeness (QED) is 0.616. The van der Waals surface area contributed by atoms with Gasteiger partial charge in [-0.15, -0.1) is 0 Å². The van der Waals surface area contributed by atoms with E-state index >= 15 is 0 Å². The maximum absolute atomic E-state index is 11.2. The molecular weight excluding hydrogens is 192 g/mol. The molecule has 0 amide bonds. The third-order valence-electron chi connectivity index (χ3n) is 3.84. The van der Waals surface area contributed by atoms with Crippen molar-refractivity contribution in [3.63, 3.8) is 0 Å². The van der Waals surface area contributed by atoms with Gasteiger partial charge in [-0.3, -0.25) is 4.79 Å². The van der Waals surface area contributed by atoms with Crippen molar-refractivity contribution < 1.29 is 9.90 Å². The molecule has 2 heterocycles. The van der Waals surface area contributed by atoms with E-state index in [0.29, 0.717) is 18.4 Å². The summed E-state index contributed by atoms with van der Waals surface area (Å²) < 4.78 is 0. The highest BCUT2D eigenvalue weighted by Gasteiger charge is 2.36. The molecule has 2 unspecified atom stereocenters. The van der Waals surface area contributed by atoms with E-state index < -0.39 is 5.97 Å². The Morgan fingerprint density at radius 1 is 1.07 bits per heavy atom. The van der Waals surface area contributed by atoms with Gasteiger partial charge in [0.2, 0.25) is 0 Å². The summed E-state index contributed by atoms with van der Waals surface area (Å²) in [4.78, 5) is 11.2. The lowest BCUT2D eigenvalue weighted by molar-refractivity contribution is -0.145. The van der Waals surface area contributed by atoms with Crippen LogP contribution in [-0.4, -0.2) is 37.3 Å². The van der Waals surface area contributed by atoms with Crippen molar-refractivity contribution in [3.8, 4) is 0 Å². The second kappa shape index (κ2) is 4.94. The molecule has 2 atom stereocenters. The molecule has 0 aliphatic carbocycles. The lowest BCUT2D eigenvalue weighted by Gasteiger charge is -2.37. The Bertz CT molecular complexity index is 227. The molecule has 0 bridgehead atoms. The van der Waals surface area contributed by atoms with Crippen molar-refractivity contribution in [1.82, 2.24) is 10.6 Å². The molecular formula is C11H20N2O2. The van der Waals surface area contributed by atoms with Gasteiger partial charge < -0.3 is 15.7 Å². The molecule has 2 aliphatic rings. The van der Waals surface area contributed by atoms with Crippen molar-refractivity contribution in [2.24, 2.45) is 17.8 Å². The summed E-state index contributed by atoms with van der Waals surface area (Å²) in [5.74, 6) is 0.230. The topological polar surface area (TPSA) is 61.4 Å². The first-order chi connectivity index (χ1) is 7.29. The Labute approximate surface area is 90.4 Å². The average Bonchev–Trinajstić information content (AvgIpc) is 2.30. The van der Waals surface area contributed by atoms with Gasteiger partial charge >= 0.3 is 5.97 Å². The average molecular weight is 212 g/mol. The van der Waals surface area contributed by atoms with Crippen molar-refractivity contribution in [1.29, 1.82) is 0 Å². The van der Waals surface area contributed by atoms with Crippen LogP contribution in [0.2, 0.25) is 0 Å². The number of rotatable bonds is 2. The van der Waals surface area contributed by atoms with E-state index in [1.165, 1.54) is 0 Å². The lowest BCUT2D eigenvalue weighted by Crippen LogP contribution is -2.45. The van der Waals surface area contributed by atoms with Crippen molar-refractivity contribution in [2.45, 2.75) is 19.3 Å². The number of nitrogens with one attached hydrogen (secondary N) is 2. The predicted octanol–water partition coefficient (Wildman–Crippen LogP) is 0.296. The summed E-state index contributed by atoms with van der Waals surface area (Å²) in [6.45, 7) is 3.75. The Morgan fingerprint density at radius 2 is 1.73 bits per heavy atom. The summed E-state index contributed by atoms with van der Waals surface area (Å²) in [5.41, 5.74) is 0. The van der Waals surface area contributed by atoms with Crippen molar-refractivity contribution in [2.75, 3.05) is 26.2 Å². The number of carbonyl (C=O) groups is 1. The van der Waals surface area contributed by atoms with Crippen LogP contribution in [0.25, 0.3) is 0 Å². The van der Waals surface area contributed by atoms with Crippen molar-refractivity contribution in [3.05, 3.63) is 0 Å². The standard InChI is InChI=1S/C11H20N2O2/c14-11(15)10-7-13-6-3-9(10)8-1-4-12-5-2-8/h8-10,12-13H,1-7H2,(H,14,15). The lowest BCUT2D eigenvalue weighted by atomic mass is 9.73. The van der Waals surface area contributed by atoms with Gasteiger partial charge in [0.05, 0.1) is 5.92 Å². The zero-order valence-electron chi connectivity index (χ0n) is 9.04. The van der Waals surface area contributed by atoms with E-state index in [0.717, 1.165) is 38.9 Å². The van der Waals surface area contributed by atoms with Crippen LogP contribution in [0.3, 0.4) is 0 Å². The number of carboxylic acids is 1. The van der Waals surface area contributed by atoms with E-state index in [1.54, 1.807) is 0 Å². The van der Waals surface area contributed by atoms with Crippen LogP contribution in [0, 0.1) is 17.8 Å². The normalized spacial score (nSPS) is 33.9. The maximum Gasteiger partial charge on any atom is 0.308 e. The molecule has 0 spiro atoms. The minimum Gasteiger partial charge on any atom is -0.481 e. The fourth-order valence-electron chi connectivity index (χ4n) is 2.99. The van der Waals surface area contributed by atoms with Gasteiger partial charge in [0.25, 0.3) is 0 Å². The highest BCUT2D eigenvalue weighted by Crippen LogP contribution is 2.32. The first-order valence-corrected chi connectivity index (χ1v) is 5.93. The van der Waals surface area contributed by atoms with E-state index in [4.69, 9.17) is 0 Å². The molecule has 0 aromatic rings. The number of hydrogen-bond donors (Lipinski definition) is 3. The zero-order valence-corrected chi connectivity index (χ0v) is 9.04. The summed E-state index contributed by atoms with van der Waals surface area (Å²) in [5, 5.41) is 15.7. The Hall–Kier alpha value is -0.610. The Kier molecular flexibility index (Phi) is 3.59. The second-order valence-electron chi connectivity index (χ2n) is 4.69. The van der Waals surface area contributed by atoms with Crippen LogP contribution >= 0.6 is 0 Å². The van der Waals surface area contributed by atoms with Crippen LogP contribution in [0.4, 0.5) is 0 Å². The molecule has 3 N–H and O–H groups in total. The molecule has 4 heteroatoms. The molecule has 0 aromatic heterocycles. The largest absolute Gasteiger partial charge is 0.481 e. The molecule has 86 valence electrons. The van der Waals surface area contributed by atoms with Gasteiger partial charge in [0.15, 0.2) is 0 Å². The van der Waals surface area contributed by atoms with Crippen LogP contribution < -0.4 is 10.6 Å². The van der Waals surface area contributed by atoms with Crippen LogP contribution in [-0.2, 0) is 4.79 Å². The minimum absolute atomic E-state index is 0.165. The second-order valence-corrected chi connectivity index (χ2v) is 4.69. The molecule has 0 aromatic carbocycles. The molecule has 2 rings (SSSR count). The van der Waals surface area contributed by atoms with Crippen LogP contribution in [0.5, 0.6) is 0 Å². The van der Waals surface area contributed by atoms with Gasteiger partial charge in [0, 0.05) is 6.54 Å². The fraction of sp³-hybridized carbons (Fsp3) is 0.909. The van der Waals surface area contributed by atoms with Gasteiger partial charge in [-0.25, -0.2) is 0 Å². The monoisotopic (exact) mass is 212 g/mol. The molecule has 0 saturated carbocycles. The smallest absolute Gasteiger partial charge is 0.308 e. The highest BCUT2D eigenvalue weighted by molar-refractivity contribution is 5.70. The molecule has 2 saturated heterocycles. The summed E-state index contributed by atoms with van der Waals surface area (Å²) in [6.07, 6.45) is 3.32. The fourth-order valence-corrected chi connectivity index (χ4v) is 2.99. The Balaban J connectivity index is 1.99. The first-order valence-electron chi connectivity index (χ1n) is 5.93. The molecule has 2 aliphatic heterocycles. The van der Waals surface area contributed by atoms with Gasteiger partial charge in [-0.2, -0.15) is 0 Å². The van der Waals surface area contributed by atoms with Crippen molar-refractivity contribution >= 4 is 5.97 Å². The molecule has 0 radical (unpaired) electrons. The predicted molar refractivity (Wildman–Crippen MR) is 57.7 cm³/mol. The molecule has 2 fully saturated rings. The van der Waals surface area contributed by atoms with E-state index in [2.05, 4.69) is 10.6 Å². The number of piperidine rings is 2. The third kappa shape index (κ3) is 2.49. The summed E-state index contributed by atoms with van der Waals surface area (Å²) in [6, 6.07) is 0. The third-order valence-corrected chi connectivity index (χ3v) is 3.84. The van der Waals surface area contributed by atoms with Gasteiger partial charge in [0.1, 0.15) is 0 Å². The summed E-state index contributed by atoms with van der Waals surface area (Å²) in [7, 11) is 0. The van der Waals surface area contributed by atoms with Gasteiger partial charge in [-0.05, 0) is 50.7 Å². The number of aliphatic carboxylic acids is 1. The first kappa shape index (κ1) is 10.9. The minimum atomic E-state index is -0.620. The van der Waals surface area contributed by atoms with E-state index in [-0.39, 0.29) is 5.92 Å². The number of hydrogen-bond acceptors (Lipinski definition) is 3. The van der Waals surface area contributed by atoms with Crippen LogP contribution in [0.1, 0.15) is 19.3 Å². The van der Waals surface area contributed by atoms with Crippen LogP contribution in [0.15, 0.2) is 0 Å². The highest BCUT2D eigenvalue weighted by atomic mass is 16.4. The molecule has 4 nitrogen and oxygen atoms in total. The van der Waals surface area contributed by atoms with E-state index in [9.17, 15) is 9.90 Å². The Morgan fingerprint density at radius 3 is 2.40 bits per heavy atom. The SMILES string of the molecule is O=C(O)C1CNCCC1C1CCNCC1. The van der Waals surface area contributed by atoms with Gasteiger partial charge in [-0.1, -0.05) is 0 Å². The summed E-state index contributed by atoms with van der Waals surface area (Å²) >= 11 is 0. The maximum atomic E-state index is 11.2. The van der Waals surface area contributed by atoms with E-state index in [1.807, 2.05) is 0 Å².